The molecule has 17 heavy (non-hydrogen) atoms. The van der Waals surface area contributed by atoms with Crippen molar-refractivity contribution in [2.24, 2.45) is 11.8 Å². The highest BCUT2D eigenvalue weighted by Crippen LogP contribution is 2.16. The van der Waals surface area contributed by atoms with Gasteiger partial charge in [0.1, 0.15) is 12.2 Å². The molecule has 0 fully saturated rings. The van der Waals surface area contributed by atoms with Crippen LogP contribution in [0.5, 0.6) is 0 Å². The monoisotopic (exact) mass is 257 g/mol. The summed E-state index contributed by atoms with van der Waals surface area (Å²) >= 11 is 6.29. The highest BCUT2D eigenvalue weighted by molar-refractivity contribution is 6.20. The fourth-order valence-electron chi connectivity index (χ4n) is 1.90. The maximum Gasteiger partial charge on any atom is 0.138 e. The van der Waals surface area contributed by atoms with Crippen LogP contribution in [0, 0.1) is 11.8 Å². The Balaban J connectivity index is 2.43. The number of rotatable bonds is 7. The smallest absolute Gasteiger partial charge is 0.138 e. The van der Waals surface area contributed by atoms with Crippen LogP contribution < -0.4 is 0 Å². The second kappa shape index (κ2) is 7.00. The topological polar surface area (TPSA) is 30.7 Å². The van der Waals surface area contributed by atoms with Crippen LogP contribution in [0.4, 0.5) is 0 Å². The predicted molar refractivity (Wildman–Crippen MR) is 72.3 cm³/mol. The molecule has 0 saturated heterocycles. The zero-order chi connectivity index (χ0) is 12.8. The number of aromatic nitrogens is 3. The Morgan fingerprint density at radius 2 is 1.94 bits per heavy atom. The van der Waals surface area contributed by atoms with E-state index in [4.69, 9.17) is 11.6 Å². The molecule has 1 rings (SSSR count). The van der Waals surface area contributed by atoms with Crippen LogP contribution in [0.25, 0.3) is 0 Å². The molecule has 3 nitrogen and oxygen atoms in total. The van der Waals surface area contributed by atoms with Gasteiger partial charge in [-0.25, -0.2) is 9.67 Å². The summed E-state index contributed by atoms with van der Waals surface area (Å²) < 4.78 is 2.00. The highest BCUT2D eigenvalue weighted by Gasteiger charge is 2.11. The molecule has 1 heterocycles. The zero-order valence-electron chi connectivity index (χ0n) is 11.4. The molecule has 0 aliphatic heterocycles. The normalized spacial score (nSPS) is 13.6. The summed E-state index contributed by atoms with van der Waals surface area (Å²) in [5, 5.41) is 4.51. The summed E-state index contributed by atoms with van der Waals surface area (Å²) in [4.78, 5) is 4.31. The Labute approximate surface area is 110 Å². The van der Waals surface area contributed by atoms with Crippen molar-refractivity contribution in [3.63, 3.8) is 0 Å². The fraction of sp³-hybridized carbons (Fsp3) is 0.846. The molecule has 0 bridgehead atoms. The molecule has 1 atom stereocenters. The van der Waals surface area contributed by atoms with Gasteiger partial charge in [0.05, 0.1) is 0 Å². The third-order valence-corrected chi connectivity index (χ3v) is 3.04. The summed E-state index contributed by atoms with van der Waals surface area (Å²) in [6.45, 7) is 9.73. The molecule has 0 aliphatic rings. The van der Waals surface area contributed by atoms with Crippen LogP contribution in [0.3, 0.4) is 0 Å². The van der Waals surface area contributed by atoms with E-state index in [1.165, 1.54) is 0 Å². The van der Waals surface area contributed by atoms with Crippen molar-refractivity contribution in [3.05, 3.63) is 12.2 Å². The van der Waals surface area contributed by atoms with E-state index in [0.717, 1.165) is 31.6 Å². The van der Waals surface area contributed by atoms with E-state index in [9.17, 15) is 0 Å². The van der Waals surface area contributed by atoms with Crippen LogP contribution in [0.2, 0.25) is 0 Å². The van der Waals surface area contributed by atoms with Crippen molar-refractivity contribution < 1.29 is 0 Å². The van der Waals surface area contributed by atoms with Crippen LogP contribution in [0.1, 0.15) is 46.4 Å². The molecule has 0 spiro atoms. The molecule has 0 N–H and O–H groups in total. The number of aryl methyl sites for hydroxylation is 1. The lowest BCUT2D eigenvalue weighted by molar-refractivity contribution is 0.459. The van der Waals surface area contributed by atoms with Gasteiger partial charge in [-0.3, -0.25) is 0 Å². The van der Waals surface area contributed by atoms with Gasteiger partial charge >= 0.3 is 0 Å². The summed E-state index contributed by atoms with van der Waals surface area (Å²) in [6.07, 6.45) is 4.62. The minimum atomic E-state index is 0.249. The number of alkyl halides is 1. The van der Waals surface area contributed by atoms with E-state index in [1.54, 1.807) is 6.33 Å². The lowest BCUT2D eigenvalue weighted by Crippen LogP contribution is -2.12. The third kappa shape index (κ3) is 5.53. The molecule has 0 amide bonds. The summed E-state index contributed by atoms with van der Waals surface area (Å²) in [7, 11) is 0. The minimum absolute atomic E-state index is 0.249. The second-order valence-electron chi connectivity index (χ2n) is 5.52. The van der Waals surface area contributed by atoms with Gasteiger partial charge in [-0.15, -0.1) is 11.6 Å². The van der Waals surface area contributed by atoms with E-state index in [2.05, 4.69) is 37.8 Å². The van der Waals surface area contributed by atoms with Crippen molar-refractivity contribution in [3.8, 4) is 0 Å². The Bertz CT molecular complexity index is 320. The van der Waals surface area contributed by atoms with Crippen LogP contribution >= 0.6 is 11.6 Å². The predicted octanol–water partition coefficient (Wildman–Crippen LogP) is 3.52. The van der Waals surface area contributed by atoms with Gasteiger partial charge < -0.3 is 0 Å². The van der Waals surface area contributed by atoms with Gasteiger partial charge in [-0.1, -0.05) is 27.7 Å². The maximum absolute atomic E-state index is 6.29. The second-order valence-corrected chi connectivity index (χ2v) is 6.13. The Kier molecular flexibility index (Phi) is 5.96. The van der Waals surface area contributed by atoms with E-state index >= 15 is 0 Å². The number of hydrogen-bond acceptors (Lipinski definition) is 2. The summed E-state index contributed by atoms with van der Waals surface area (Å²) in [5.74, 6) is 2.32. The Hall–Kier alpha value is -0.570. The standard InChI is InChI=1S/C13H24ClN3/c1-10(2)7-12(14)5-6-13-15-9-16-17(13)8-11(3)4/h9-12H,5-8H2,1-4H3. The van der Waals surface area contributed by atoms with Gasteiger partial charge in [0.2, 0.25) is 0 Å². The van der Waals surface area contributed by atoms with E-state index < -0.39 is 0 Å². The van der Waals surface area contributed by atoms with Crippen molar-refractivity contribution in [2.75, 3.05) is 0 Å². The Morgan fingerprint density at radius 3 is 2.53 bits per heavy atom. The first kappa shape index (κ1) is 14.5. The van der Waals surface area contributed by atoms with Gasteiger partial charge in [0, 0.05) is 18.3 Å². The molecule has 4 heteroatoms. The van der Waals surface area contributed by atoms with Gasteiger partial charge in [0.15, 0.2) is 0 Å². The fourth-order valence-corrected chi connectivity index (χ4v) is 2.36. The molecule has 1 aromatic rings. The molecular formula is C13H24ClN3. The van der Waals surface area contributed by atoms with Gasteiger partial charge in [-0.05, 0) is 24.7 Å². The van der Waals surface area contributed by atoms with E-state index in [-0.39, 0.29) is 5.38 Å². The molecule has 1 aromatic heterocycles. The molecular weight excluding hydrogens is 234 g/mol. The van der Waals surface area contributed by atoms with Crippen molar-refractivity contribution in [1.82, 2.24) is 14.8 Å². The van der Waals surface area contributed by atoms with E-state index in [1.807, 2.05) is 4.68 Å². The van der Waals surface area contributed by atoms with Crippen LogP contribution in [-0.4, -0.2) is 20.1 Å². The number of halogens is 1. The average molecular weight is 258 g/mol. The Morgan fingerprint density at radius 1 is 1.24 bits per heavy atom. The quantitative estimate of drug-likeness (QED) is 0.700. The van der Waals surface area contributed by atoms with Crippen LogP contribution in [0.15, 0.2) is 6.33 Å². The zero-order valence-corrected chi connectivity index (χ0v) is 12.1. The lowest BCUT2D eigenvalue weighted by Gasteiger charge is -2.12. The molecule has 0 aliphatic carbocycles. The van der Waals surface area contributed by atoms with Crippen molar-refractivity contribution in [1.29, 1.82) is 0 Å². The number of hydrogen-bond donors (Lipinski definition) is 0. The maximum atomic E-state index is 6.29. The van der Waals surface area contributed by atoms with Crippen LogP contribution in [-0.2, 0) is 13.0 Å². The third-order valence-electron chi connectivity index (χ3n) is 2.64. The molecule has 0 saturated carbocycles. The highest BCUT2D eigenvalue weighted by atomic mass is 35.5. The van der Waals surface area contributed by atoms with Gasteiger partial charge in [-0.2, -0.15) is 5.10 Å². The molecule has 0 radical (unpaired) electrons. The molecule has 98 valence electrons. The lowest BCUT2D eigenvalue weighted by atomic mass is 10.0. The van der Waals surface area contributed by atoms with E-state index in [0.29, 0.717) is 11.8 Å². The summed E-state index contributed by atoms with van der Waals surface area (Å²) in [6, 6.07) is 0. The van der Waals surface area contributed by atoms with Crippen molar-refractivity contribution in [2.45, 2.75) is 58.9 Å². The minimum Gasteiger partial charge on any atom is -0.250 e. The average Bonchev–Trinajstić information content (AvgIpc) is 2.60. The largest absolute Gasteiger partial charge is 0.250 e. The first-order chi connectivity index (χ1) is 7.99. The molecule has 0 aromatic carbocycles. The first-order valence-electron chi connectivity index (χ1n) is 6.49. The van der Waals surface area contributed by atoms with Gasteiger partial charge in [0.25, 0.3) is 0 Å². The van der Waals surface area contributed by atoms with Crippen molar-refractivity contribution >= 4 is 11.6 Å². The SMILES string of the molecule is CC(C)CC(Cl)CCc1ncnn1CC(C)C. The summed E-state index contributed by atoms with van der Waals surface area (Å²) in [5.41, 5.74) is 0. The number of nitrogens with zero attached hydrogens (tertiary/aromatic N) is 3. The first-order valence-corrected chi connectivity index (χ1v) is 6.93. The molecule has 1 unspecified atom stereocenters.